The smallest absolute Gasteiger partial charge is 0.458 e. The first-order valence-electron chi connectivity index (χ1n) is 6.39. The van der Waals surface area contributed by atoms with Crippen LogP contribution in [-0.4, -0.2) is 47.2 Å². The van der Waals surface area contributed by atoms with Crippen LogP contribution >= 0.6 is 0 Å². The molecule has 0 spiro atoms. The van der Waals surface area contributed by atoms with E-state index in [2.05, 4.69) is 0 Å². The minimum atomic E-state index is -3.01. The maximum absolute atomic E-state index is 12.4. The minimum Gasteiger partial charge on any atom is -0.458 e. The summed E-state index contributed by atoms with van der Waals surface area (Å²) in [6.45, 7) is 7.14. The molecule has 0 aliphatic carbocycles. The molecule has 0 aliphatic rings. The Labute approximate surface area is 122 Å². The van der Waals surface area contributed by atoms with Crippen molar-refractivity contribution < 1.29 is 22.8 Å². The van der Waals surface area contributed by atoms with Gasteiger partial charge in [-0.3, -0.25) is 0 Å². The van der Waals surface area contributed by atoms with Gasteiger partial charge < -0.3 is 23.7 Å². The maximum atomic E-state index is 12.4. The van der Waals surface area contributed by atoms with Crippen LogP contribution in [0.5, 0.6) is 0 Å². The normalized spacial score (nSPS) is 16.2. The predicted octanol–water partition coefficient (Wildman–Crippen LogP) is 1.48. The third kappa shape index (κ3) is 5.33. The van der Waals surface area contributed by atoms with Crippen molar-refractivity contribution in [2.75, 3.05) is 21.3 Å². The van der Waals surface area contributed by atoms with Crippen LogP contribution in [0.4, 0.5) is 0 Å². The summed E-state index contributed by atoms with van der Waals surface area (Å²) in [7, 11) is 1.42. The molecule has 0 aliphatic heterocycles. The number of ether oxygens (including phenoxy) is 1. The van der Waals surface area contributed by atoms with Gasteiger partial charge in [-0.2, -0.15) is 0 Å². The summed E-state index contributed by atoms with van der Waals surface area (Å²) in [6.07, 6.45) is 3.28. The summed E-state index contributed by atoms with van der Waals surface area (Å²) in [6, 6.07) is 0.1000. The molecule has 0 saturated carbocycles. The highest BCUT2D eigenvalue weighted by atomic mass is 28.4. The van der Waals surface area contributed by atoms with E-state index in [9.17, 15) is 4.79 Å². The quantitative estimate of drug-likeness (QED) is 0.436. The van der Waals surface area contributed by atoms with Gasteiger partial charge in [0.2, 0.25) is 0 Å². The number of allylic oxidation sites excluding steroid dienone is 1. The molecule has 0 fully saturated rings. The highest BCUT2D eigenvalue weighted by Crippen LogP contribution is 2.25. The van der Waals surface area contributed by atoms with Crippen molar-refractivity contribution in [2.45, 2.75) is 44.9 Å². The van der Waals surface area contributed by atoms with Gasteiger partial charge in [0.1, 0.15) is 11.1 Å². The predicted molar refractivity (Wildman–Crippen MR) is 79.2 cm³/mol. The topological polar surface area (TPSA) is 80.0 Å². The molecule has 0 aromatic heterocycles. The number of carbonyl (C=O) groups is 1. The minimum absolute atomic E-state index is 0.1000. The summed E-state index contributed by atoms with van der Waals surface area (Å²) in [4.78, 5) is 12.4. The van der Waals surface area contributed by atoms with Crippen LogP contribution in [0.2, 0.25) is 6.04 Å². The van der Waals surface area contributed by atoms with Crippen molar-refractivity contribution in [3.63, 3.8) is 0 Å². The van der Waals surface area contributed by atoms with Crippen LogP contribution in [0.15, 0.2) is 12.2 Å². The van der Waals surface area contributed by atoms with Gasteiger partial charge in [0, 0.05) is 21.3 Å². The van der Waals surface area contributed by atoms with Gasteiger partial charge in [0.15, 0.2) is 0 Å². The fraction of sp³-hybridized carbons (Fsp3) is 0.769. The van der Waals surface area contributed by atoms with Crippen LogP contribution in [0, 0.1) is 0 Å². The lowest BCUT2D eigenvalue weighted by atomic mass is 10.0. The zero-order valence-electron chi connectivity index (χ0n) is 13.5. The van der Waals surface area contributed by atoms with Gasteiger partial charge in [-0.05, 0) is 27.7 Å². The highest BCUT2D eigenvalue weighted by Gasteiger charge is 2.49. The molecule has 0 heterocycles. The molecule has 0 amide bonds. The average Bonchev–Trinajstić information content (AvgIpc) is 2.34. The van der Waals surface area contributed by atoms with E-state index in [4.69, 9.17) is 23.7 Å². The molecule has 1 unspecified atom stereocenters. The highest BCUT2D eigenvalue weighted by molar-refractivity contribution is 6.61. The van der Waals surface area contributed by atoms with Gasteiger partial charge in [-0.1, -0.05) is 12.2 Å². The molecule has 0 bridgehead atoms. The summed E-state index contributed by atoms with van der Waals surface area (Å²) in [5.41, 5.74) is 4.23. The number of hydrogen-bond donors (Lipinski definition) is 1. The molecule has 118 valence electrons. The van der Waals surface area contributed by atoms with Crippen molar-refractivity contribution in [1.82, 2.24) is 0 Å². The Kier molecular flexibility index (Phi) is 7.06. The second kappa shape index (κ2) is 7.33. The fourth-order valence-electron chi connectivity index (χ4n) is 1.69. The molecule has 1 atom stereocenters. The van der Waals surface area contributed by atoms with E-state index in [1.165, 1.54) is 21.3 Å². The Morgan fingerprint density at radius 2 is 1.60 bits per heavy atom. The van der Waals surface area contributed by atoms with E-state index in [1.54, 1.807) is 39.8 Å². The summed E-state index contributed by atoms with van der Waals surface area (Å²) >= 11 is 0. The van der Waals surface area contributed by atoms with Crippen LogP contribution in [0.1, 0.15) is 27.7 Å². The third-order valence-corrected chi connectivity index (χ3v) is 5.57. The van der Waals surface area contributed by atoms with Gasteiger partial charge >= 0.3 is 14.8 Å². The van der Waals surface area contributed by atoms with Crippen LogP contribution in [-0.2, 0) is 22.8 Å². The van der Waals surface area contributed by atoms with Crippen LogP contribution < -0.4 is 5.73 Å². The monoisotopic (exact) mass is 305 g/mol. The number of carbonyl (C=O) groups excluding carboxylic acids is 1. The Balaban J connectivity index is 5.35. The van der Waals surface area contributed by atoms with Gasteiger partial charge in [-0.25, -0.2) is 4.79 Å². The van der Waals surface area contributed by atoms with Gasteiger partial charge in [0.05, 0.1) is 6.04 Å². The molecule has 20 heavy (non-hydrogen) atoms. The Hall–Kier alpha value is -0.733. The second-order valence-electron chi connectivity index (χ2n) is 5.51. The number of hydrogen-bond acceptors (Lipinski definition) is 6. The SMILES string of the molecule is CC=CC(N)(C[Si](OC)(OC)OC)C(=O)OC(C)(C)C. The molecule has 0 aromatic carbocycles. The molecule has 0 rings (SSSR count). The van der Waals surface area contributed by atoms with Crippen molar-refractivity contribution in [1.29, 1.82) is 0 Å². The zero-order valence-corrected chi connectivity index (χ0v) is 14.5. The van der Waals surface area contributed by atoms with Crippen molar-refractivity contribution in [3.8, 4) is 0 Å². The maximum Gasteiger partial charge on any atom is 0.502 e. The van der Waals surface area contributed by atoms with Crippen molar-refractivity contribution in [2.24, 2.45) is 5.73 Å². The second-order valence-corrected chi connectivity index (χ2v) is 8.46. The van der Waals surface area contributed by atoms with E-state index in [1.807, 2.05) is 0 Å². The van der Waals surface area contributed by atoms with Crippen molar-refractivity contribution in [3.05, 3.63) is 12.2 Å². The first-order valence-corrected chi connectivity index (χ1v) is 8.33. The largest absolute Gasteiger partial charge is 0.502 e. The zero-order chi connectivity index (χ0) is 16.0. The third-order valence-electron chi connectivity index (χ3n) is 2.69. The van der Waals surface area contributed by atoms with Gasteiger partial charge in [0.25, 0.3) is 0 Å². The molecule has 2 N–H and O–H groups in total. The van der Waals surface area contributed by atoms with E-state index in [0.29, 0.717) is 0 Å². The first-order chi connectivity index (χ1) is 9.08. The molecule has 0 radical (unpaired) electrons. The molecule has 0 aromatic rings. The standard InChI is InChI=1S/C13H27NO5Si/c1-8-9-13(14,11(15)19-12(2,3)4)10-20(16-5,17-6)18-7/h8-9H,10,14H2,1-7H3. The van der Waals surface area contributed by atoms with Crippen LogP contribution in [0.3, 0.4) is 0 Å². The molecule has 6 nitrogen and oxygen atoms in total. The van der Waals surface area contributed by atoms with Crippen molar-refractivity contribution >= 4 is 14.8 Å². The summed E-state index contributed by atoms with van der Waals surface area (Å²) in [5, 5.41) is 0. The van der Waals surface area contributed by atoms with Gasteiger partial charge in [-0.15, -0.1) is 0 Å². The average molecular weight is 305 g/mol. The summed E-state index contributed by atoms with van der Waals surface area (Å²) < 4.78 is 21.4. The lowest BCUT2D eigenvalue weighted by Gasteiger charge is -2.34. The number of esters is 1. The fourth-order valence-corrected chi connectivity index (χ4v) is 3.61. The molecule has 0 saturated heterocycles. The van der Waals surface area contributed by atoms with E-state index < -0.39 is 25.9 Å². The Bertz CT molecular complexity index is 341. The molecular weight excluding hydrogens is 278 g/mol. The molecule has 7 heteroatoms. The van der Waals surface area contributed by atoms with E-state index in [0.717, 1.165) is 0 Å². The van der Waals surface area contributed by atoms with E-state index in [-0.39, 0.29) is 6.04 Å². The van der Waals surface area contributed by atoms with Crippen LogP contribution in [0.25, 0.3) is 0 Å². The molecular formula is C13H27NO5Si. The lowest BCUT2D eigenvalue weighted by Crippen LogP contribution is -2.58. The Morgan fingerprint density at radius 1 is 1.15 bits per heavy atom. The van der Waals surface area contributed by atoms with E-state index >= 15 is 0 Å². The lowest BCUT2D eigenvalue weighted by molar-refractivity contribution is -0.159. The Morgan fingerprint density at radius 3 is 1.90 bits per heavy atom. The summed E-state index contributed by atoms with van der Waals surface area (Å²) in [5.74, 6) is -0.536. The number of rotatable bonds is 7. The number of nitrogens with two attached hydrogens (primary N) is 1. The first kappa shape index (κ1) is 19.3.